The summed E-state index contributed by atoms with van der Waals surface area (Å²) in [5, 5.41) is 2.28. The number of rotatable bonds is 7. The molecule has 0 saturated heterocycles. The number of carbonyl (C=O) groups excluding carboxylic acids is 1. The van der Waals surface area contributed by atoms with Crippen molar-refractivity contribution in [2.45, 2.75) is 6.18 Å². The molecule has 0 aliphatic heterocycles. The summed E-state index contributed by atoms with van der Waals surface area (Å²) in [5.41, 5.74) is 0.238. The van der Waals surface area contributed by atoms with Crippen molar-refractivity contribution in [2.24, 2.45) is 0 Å². The third kappa shape index (κ3) is 7.70. The van der Waals surface area contributed by atoms with E-state index in [0.29, 0.717) is 0 Å². The van der Waals surface area contributed by atoms with Crippen LogP contribution in [0.4, 0.5) is 24.5 Å². The van der Waals surface area contributed by atoms with Crippen molar-refractivity contribution in [2.75, 3.05) is 36.6 Å². The van der Waals surface area contributed by atoms with Crippen LogP contribution in [0.2, 0.25) is 0 Å². The summed E-state index contributed by atoms with van der Waals surface area (Å²) in [6, 6.07) is 4.05. The Kier molecular flexibility index (Phi) is 6.21. The molecule has 0 radical (unpaired) electrons. The highest BCUT2D eigenvalue weighted by Crippen LogP contribution is 2.28. The van der Waals surface area contributed by atoms with Crippen molar-refractivity contribution >= 4 is 27.3 Å². The lowest BCUT2D eigenvalue weighted by Gasteiger charge is -2.12. The summed E-state index contributed by atoms with van der Waals surface area (Å²) in [7, 11) is -2.25. The van der Waals surface area contributed by atoms with Crippen LogP contribution in [0.15, 0.2) is 18.2 Å². The Morgan fingerprint density at radius 2 is 1.96 bits per heavy atom. The molecule has 130 valence electrons. The van der Waals surface area contributed by atoms with Gasteiger partial charge in [-0.25, -0.2) is 8.42 Å². The highest BCUT2D eigenvalue weighted by Gasteiger charge is 2.27. The zero-order valence-corrected chi connectivity index (χ0v) is 13.0. The Labute approximate surface area is 130 Å². The maximum absolute atomic E-state index is 11.9. The molecule has 0 aromatic heterocycles. The van der Waals surface area contributed by atoms with E-state index >= 15 is 0 Å². The number of hydrogen-bond acceptors (Lipinski definition) is 5. The number of carbonyl (C=O) groups is 1. The molecule has 1 aromatic carbocycles. The lowest BCUT2D eigenvalue weighted by atomic mass is 10.2. The van der Waals surface area contributed by atoms with E-state index < -0.39 is 35.3 Å². The highest BCUT2D eigenvalue weighted by atomic mass is 32.2. The lowest BCUT2D eigenvalue weighted by Crippen LogP contribution is -2.24. The maximum atomic E-state index is 11.9. The molecule has 0 spiro atoms. The van der Waals surface area contributed by atoms with Gasteiger partial charge in [-0.05, 0) is 18.2 Å². The monoisotopic (exact) mass is 356 g/mol. The Morgan fingerprint density at radius 1 is 1.30 bits per heavy atom. The van der Waals surface area contributed by atoms with Crippen LogP contribution in [-0.4, -0.2) is 47.1 Å². The van der Waals surface area contributed by atoms with E-state index in [2.05, 4.69) is 14.8 Å². The molecule has 0 bridgehead atoms. The topological polar surface area (TPSA) is 93.7 Å². The van der Waals surface area contributed by atoms with E-state index in [1.54, 1.807) is 0 Å². The molecule has 7 nitrogen and oxygen atoms in total. The second-order valence-electron chi connectivity index (χ2n) is 4.45. The van der Waals surface area contributed by atoms with Crippen molar-refractivity contribution in [3.05, 3.63) is 18.2 Å². The summed E-state index contributed by atoms with van der Waals surface area (Å²) in [6.45, 7) is -2.33. The van der Waals surface area contributed by atoms with Crippen LogP contribution in [-0.2, 0) is 19.6 Å². The van der Waals surface area contributed by atoms with Gasteiger partial charge in [-0.3, -0.25) is 9.52 Å². The minimum Gasteiger partial charge on any atom is -0.495 e. The van der Waals surface area contributed by atoms with Gasteiger partial charge in [0.15, 0.2) is 0 Å². The number of alkyl halides is 3. The fourth-order valence-electron chi connectivity index (χ4n) is 1.52. The number of nitrogens with one attached hydrogen (secondary N) is 2. The molecule has 11 heteroatoms. The molecular weight excluding hydrogens is 341 g/mol. The average molecular weight is 356 g/mol. The predicted molar refractivity (Wildman–Crippen MR) is 77.0 cm³/mol. The molecule has 0 heterocycles. The molecule has 1 aromatic rings. The van der Waals surface area contributed by atoms with Crippen LogP contribution in [0.5, 0.6) is 5.75 Å². The normalized spacial score (nSPS) is 11.9. The largest absolute Gasteiger partial charge is 0.495 e. The SMILES string of the molecule is COc1ccc(NC(=O)COCC(F)(F)F)cc1NS(C)(=O)=O. The summed E-state index contributed by atoms with van der Waals surface area (Å²) in [4.78, 5) is 11.5. The van der Waals surface area contributed by atoms with Gasteiger partial charge in [-0.2, -0.15) is 13.2 Å². The average Bonchev–Trinajstić information content (AvgIpc) is 2.35. The maximum Gasteiger partial charge on any atom is 0.411 e. The number of sulfonamides is 1. The van der Waals surface area contributed by atoms with Crippen LogP contribution in [0.25, 0.3) is 0 Å². The minimum atomic E-state index is -4.52. The van der Waals surface area contributed by atoms with Crippen LogP contribution in [0.1, 0.15) is 0 Å². The lowest BCUT2D eigenvalue weighted by molar-refractivity contribution is -0.174. The van der Waals surface area contributed by atoms with Crippen LogP contribution in [0.3, 0.4) is 0 Å². The van der Waals surface area contributed by atoms with Crippen LogP contribution < -0.4 is 14.8 Å². The summed E-state index contributed by atoms with van der Waals surface area (Å²) >= 11 is 0. The molecule has 2 N–H and O–H groups in total. The second kappa shape index (κ2) is 7.51. The number of methoxy groups -OCH3 is 1. The number of amides is 1. The first kappa shape index (κ1) is 19.0. The molecular formula is C12H15F3N2O5S. The molecule has 0 saturated carbocycles. The smallest absolute Gasteiger partial charge is 0.411 e. The Balaban J connectivity index is 2.73. The molecule has 0 aliphatic rings. The number of benzene rings is 1. The third-order valence-electron chi connectivity index (χ3n) is 2.28. The van der Waals surface area contributed by atoms with Gasteiger partial charge < -0.3 is 14.8 Å². The fraction of sp³-hybridized carbons (Fsp3) is 0.417. The Hall–Kier alpha value is -2.01. The van der Waals surface area contributed by atoms with E-state index in [0.717, 1.165) is 6.26 Å². The van der Waals surface area contributed by atoms with Crippen LogP contribution in [0, 0.1) is 0 Å². The van der Waals surface area contributed by atoms with Gasteiger partial charge in [0.2, 0.25) is 15.9 Å². The third-order valence-corrected chi connectivity index (χ3v) is 2.87. The second-order valence-corrected chi connectivity index (χ2v) is 6.19. The van der Waals surface area contributed by atoms with Crippen molar-refractivity contribution < 1.29 is 35.9 Å². The van der Waals surface area contributed by atoms with E-state index in [4.69, 9.17) is 4.74 Å². The van der Waals surface area contributed by atoms with Gasteiger partial charge in [0, 0.05) is 5.69 Å². The van der Waals surface area contributed by atoms with Gasteiger partial charge in [0.25, 0.3) is 0 Å². The molecule has 0 unspecified atom stereocenters. The number of ether oxygens (including phenoxy) is 2. The first-order valence-electron chi connectivity index (χ1n) is 6.10. The molecule has 0 fully saturated rings. The van der Waals surface area contributed by atoms with Gasteiger partial charge in [0.05, 0.1) is 19.1 Å². The molecule has 1 rings (SSSR count). The zero-order valence-electron chi connectivity index (χ0n) is 12.2. The summed E-state index contributed by atoms with van der Waals surface area (Å²) in [5.74, 6) is -0.605. The van der Waals surface area contributed by atoms with Crippen molar-refractivity contribution in [1.82, 2.24) is 0 Å². The van der Waals surface area contributed by atoms with Crippen molar-refractivity contribution in [3.63, 3.8) is 0 Å². The number of halogens is 3. The fourth-order valence-corrected chi connectivity index (χ4v) is 2.08. The van der Waals surface area contributed by atoms with E-state index in [1.807, 2.05) is 0 Å². The summed E-state index contributed by atoms with van der Waals surface area (Å²) < 4.78 is 69.6. The Morgan fingerprint density at radius 3 is 2.48 bits per heavy atom. The van der Waals surface area contributed by atoms with Crippen LogP contribution >= 0.6 is 0 Å². The van der Waals surface area contributed by atoms with E-state index in [9.17, 15) is 26.4 Å². The predicted octanol–water partition coefficient (Wildman–Crippen LogP) is 1.58. The molecule has 0 aliphatic carbocycles. The van der Waals surface area contributed by atoms with E-state index in [-0.39, 0.29) is 17.1 Å². The Bertz CT molecular complexity index is 661. The van der Waals surface area contributed by atoms with E-state index in [1.165, 1.54) is 25.3 Å². The first-order chi connectivity index (χ1) is 10.5. The first-order valence-corrected chi connectivity index (χ1v) is 7.99. The summed E-state index contributed by atoms with van der Waals surface area (Å²) in [6.07, 6.45) is -3.59. The standard InChI is InChI=1S/C12H15F3N2O5S/c1-21-10-4-3-8(5-9(10)17-23(2,19)20)16-11(18)6-22-7-12(13,14)15/h3-5,17H,6-7H2,1-2H3,(H,16,18). The van der Waals surface area contributed by atoms with Gasteiger partial charge in [-0.1, -0.05) is 0 Å². The van der Waals surface area contributed by atoms with Gasteiger partial charge in [0.1, 0.15) is 19.0 Å². The minimum absolute atomic E-state index is 0.0732. The zero-order chi connectivity index (χ0) is 17.7. The highest BCUT2D eigenvalue weighted by molar-refractivity contribution is 7.92. The number of anilines is 2. The van der Waals surface area contributed by atoms with Gasteiger partial charge >= 0.3 is 6.18 Å². The van der Waals surface area contributed by atoms with Crippen molar-refractivity contribution in [1.29, 1.82) is 0 Å². The number of hydrogen-bond donors (Lipinski definition) is 2. The van der Waals surface area contributed by atoms with Gasteiger partial charge in [-0.15, -0.1) is 0 Å². The molecule has 0 atom stereocenters. The molecule has 23 heavy (non-hydrogen) atoms. The molecule has 1 amide bonds. The quantitative estimate of drug-likeness (QED) is 0.774. The van der Waals surface area contributed by atoms with Crippen molar-refractivity contribution in [3.8, 4) is 5.75 Å².